The first-order valence-corrected chi connectivity index (χ1v) is 5.15. The lowest BCUT2D eigenvalue weighted by atomic mass is 10.2. The van der Waals surface area contributed by atoms with E-state index in [2.05, 4.69) is 33.9 Å². The van der Waals surface area contributed by atoms with Crippen molar-refractivity contribution in [2.45, 2.75) is 26.4 Å². The minimum Gasteiger partial charge on any atom is -0.375 e. The lowest BCUT2D eigenvalue weighted by Gasteiger charge is -2.11. The Morgan fingerprint density at radius 3 is 2.77 bits per heavy atom. The van der Waals surface area contributed by atoms with Gasteiger partial charge in [-0.25, -0.2) is 0 Å². The monoisotopic (exact) mass is 243 g/mol. The van der Waals surface area contributed by atoms with Crippen LogP contribution < -0.4 is 0 Å². The number of halogens is 1. The second-order valence-electron chi connectivity index (χ2n) is 2.94. The Morgan fingerprint density at radius 2 is 2.31 bits per heavy atom. The largest absolute Gasteiger partial charge is 0.375 e. The van der Waals surface area contributed by atoms with E-state index in [-0.39, 0.29) is 6.10 Å². The predicted octanol–water partition coefficient (Wildman–Crippen LogP) is 3.11. The summed E-state index contributed by atoms with van der Waals surface area (Å²) < 4.78 is 6.23. The van der Waals surface area contributed by atoms with E-state index in [9.17, 15) is 0 Å². The van der Waals surface area contributed by atoms with Crippen LogP contribution >= 0.6 is 15.9 Å². The zero-order valence-corrected chi connectivity index (χ0v) is 9.76. The molecule has 0 fully saturated rings. The van der Waals surface area contributed by atoms with Crippen molar-refractivity contribution in [2.24, 2.45) is 0 Å². The molecule has 0 saturated heterocycles. The molecular formula is C10H14BrNO. The molecule has 3 heteroatoms. The number of methoxy groups -OCH3 is 1. The van der Waals surface area contributed by atoms with E-state index < -0.39 is 0 Å². The van der Waals surface area contributed by atoms with Crippen molar-refractivity contribution in [1.82, 2.24) is 4.98 Å². The first-order chi connectivity index (χ1) is 6.19. The normalized spacial score (nSPS) is 12.9. The van der Waals surface area contributed by atoms with Gasteiger partial charge in [-0.05, 0) is 40.9 Å². The third kappa shape index (κ3) is 2.51. The quantitative estimate of drug-likeness (QED) is 0.814. The van der Waals surface area contributed by atoms with Crippen LogP contribution in [0.4, 0.5) is 0 Å². The maximum absolute atomic E-state index is 5.20. The van der Waals surface area contributed by atoms with Gasteiger partial charge in [0.1, 0.15) is 0 Å². The number of aryl methyl sites for hydroxylation is 1. The van der Waals surface area contributed by atoms with Gasteiger partial charge in [0.15, 0.2) is 0 Å². The van der Waals surface area contributed by atoms with Crippen LogP contribution in [0.3, 0.4) is 0 Å². The molecule has 0 amide bonds. The Kier molecular flexibility index (Phi) is 3.88. The van der Waals surface area contributed by atoms with Crippen LogP contribution in [0.2, 0.25) is 0 Å². The average molecular weight is 244 g/mol. The standard InChI is InChI=1S/C10H14BrNO/c1-4-8-5-9(11)10(12-6-8)7(2)13-3/h5-7H,4H2,1-3H3. The molecule has 0 saturated carbocycles. The predicted molar refractivity (Wildman–Crippen MR) is 56.7 cm³/mol. The fourth-order valence-corrected chi connectivity index (χ4v) is 1.81. The summed E-state index contributed by atoms with van der Waals surface area (Å²) in [7, 11) is 1.69. The molecule has 13 heavy (non-hydrogen) atoms. The number of pyridine rings is 1. The minimum absolute atomic E-state index is 0.0419. The molecular weight excluding hydrogens is 230 g/mol. The molecule has 1 heterocycles. The van der Waals surface area contributed by atoms with Crippen molar-refractivity contribution in [3.8, 4) is 0 Å². The van der Waals surface area contributed by atoms with Gasteiger partial charge in [-0.15, -0.1) is 0 Å². The van der Waals surface area contributed by atoms with Crippen LogP contribution in [0.15, 0.2) is 16.7 Å². The zero-order valence-electron chi connectivity index (χ0n) is 8.17. The molecule has 1 aromatic rings. The fourth-order valence-electron chi connectivity index (χ4n) is 1.09. The molecule has 1 aromatic heterocycles. The van der Waals surface area contributed by atoms with Crippen LogP contribution in [0.25, 0.3) is 0 Å². The van der Waals surface area contributed by atoms with Gasteiger partial charge in [0.05, 0.1) is 11.8 Å². The van der Waals surface area contributed by atoms with Crippen LogP contribution in [0.1, 0.15) is 31.2 Å². The average Bonchev–Trinajstić information content (AvgIpc) is 2.16. The van der Waals surface area contributed by atoms with Crippen molar-refractivity contribution in [2.75, 3.05) is 7.11 Å². The molecule has 1 rings (SSSR count). The molecule has 2 nitrogen and oxygen atoms in total. The number of rotatable bonds is 3. The summed E-state index contributed by atoms with van der Waals surface area (Å²) >= 11 is 3.49. The Balaban J connectivity index is 2.98. The van der Waals surface area contributed by atoms with E-state index in [0.29, 0.717) is 0 Å². The summed E-state index contributed by atoms with van der Waals surface area (Å²) in [4.78, 5) is 4.35. The summed E-state index contributed by atoms with van der Waals surface area (Å²) in [5.41, 5.74) is 2.19. The smallest absolute Gasteiger partial charge is 0.0974 e. The summed E-state index contributed by atoms with van der Waals surface area (Å²) in [6.07, 6.45) is 2.95. The van der Waals surface area contributed by atoms with Gasteiger partial charge < -0.3 is 4.74 Å². The van der Waals surface area contributed by atoms with Gasteiger partial charge in [-0.2, -0.15) is 0 Å². The maximum Gasteiger partial charge on any atom is 0.0974 e. The second kappa shape index (κ2) is 4.72. The van der Waals surface area contributed by atoms with Crippen molar-refractivity contribution in [3.63, 3.8) is 0 Å². The molecule has 0 aliphatic rings. The number of nitrogens with zero attached hydrogens (tertiary/aromatic N) is 1. The zero-order chi connectivity index (χ0) is 9.84. The Bertz CT molecular complexity index is 288. The highest BCUT2D eigenvalue weighted by molar-refractivity contribution is 9.10. The summed E-state index contributed by atoms with van der Waals surface area (Å²) in [6.45, 7) is 4.10. The third-order valence-electron chi connectivity index (χ3n) is 2.07. The van der Waals surface area contributed by atoms with E-state index >= 15 is 0 Å². The first-order valence-electron chi connectivity index (χ1n) is 4.36. The van der Waals surface area contributed by atoms with Crippen LogP contribution in [-0.2, 0) is 11.2 Å². The molecule has 72 valence electrons. The molecule has 0 aliphatic heterocycles. The number of aromatic nitrogens is 1. The molecule has 0 aromatic carbocycles. The summed E-state index contributed by atoms with van der Waals surface area (Å²) in [5.74, 6) is 0. The Morgan fingerprint density at radius 1 is 1.62 bits per heavy atom. The molecule has 0 aliphatic carbocycles. The highest BCUT2D eigenvalue weighted by Gasteiger charge is 2.09. The van der Waals surface area contributed by atoms with Crippen molar-refractivity contribution >= 4 is 15.9 Å². The molecule has 1 atom stereocenters. The Hall–Kier alpha value is -0.410. The summed E-state index contributed by atoms with van der Waals surface area (Å²) in [6, 6.07) is 2.10. The molecule has 0 bridgehead atoms. The molecule has 0 N–H and O–H groups in total. The summed E-state index contributed by atoms with van der Waals surface area (Å²) in [5, 5.41) is 0. The van der Waals surface area contributed by atoms with Gasteiger partial charge >= 0.3 is 0 Å². The molecule has 0 radical (unpaired) electrons. The van der Waals surface area contributed by atoms with Gasteiger partial charge in [-0.3, -0.25) is 4.98 Å². The van der Waals surface area contributed by atoms with Crippen molar-refractivity contribution in [3.05, 3.63) is 28.0 Å². The van der Waals surface area contributed by atoms with Gasteiger partial charge in [0.25, 0.3) is 0 Å². The number of ether oxygens (including phenoxy) is 1. The van der Waals surface area contributed by atoms with E-state index in [1.165, 1.54) is 5.56 Å². The third-order valence-corrected chi connectivity index (χ3v) is 2.71. The van der Waals surface area contributed by atoms with Crippen LogP contribution in [0.5, 0.6) is 0 Å². The lowest BCUT2D eigenvalue weighted by Crippen LogP contribution is -2.01. The fraction of sp³-hybridized carbons (Fsp3) is 0.500. The topological polar surface area (TPSA) is 22.1 Å². The van der Waals surface area contributed by atoms with E-state index in [4.69, 9.17) is 4.74 Å². The van der Waals surface area contributed by atoms with E-state index in [1.54, 1.807) is 7.11 Å². The number of hydrogen-bond donors (Lipinski definition) is 0. The van der Waals surface area contributed by atoms with E-state index in [1.807, 2.05) is 13.1 Å². The highest BCUT2D eigenvalue weighted by atomic mass is 79.9. The molecule has 0 spiro atoms. The van der Waals surface area contributed by atoms with Crippen molar-refractivity contribution in [1.29, 1.82) is 0 Å². The Labute approximate surface area is 87.5 Å². The maximum atomic E-state index is 5.20. The van der Waals surface area contributed by atoms with Gasteiger partial charge in [0.2, 0.25) is 0 Å². The first kappa shape index (κ1) is 10.7. The van der Waals surface area contributed by atoms with Crippen LogP contribution in [0, 0.1) is 0 Å². The highest BCUT2D eigenvalue weighted by Crippen LogP contribution is 2.23. The minimum atomic E-state index is 0.0419. The van der Waals surface area contributed by atoms with Crippen molar-refractivity contribution < 1.29 is 4.74 Å². The second-order valence-corrected chi connectivity index (χ2v) is 3.80. The van der Waals surface area contributed by atoms with Gasteiger partial charge in [-0.1, -0.05) is 6.92 Å². The SMILES string of the molecule is CCc1cnc(C(C)OC)c(Br)c1. The number of hydrogen-bond acceptors (Lipinski definition) is 2. The van der Waals surface area contributed by atoms with Crippen LogP contribution in [-0.4, -0.2) is 12.1 Å². The van der Waals surface area contributed by atoms with Gasteiger partial charge in [0, 0.05) is 17.8 Å². The lowest BCUT2D eigenvalue weighted by molar-refractivity contribution is 0.115. The molecule has 1 unspecified atom stereocenters. The van der Waals surface area contributed by atoms with E-state index in [0.717, 1.165) is 16.6 Å².